The van der Waals surface area contributed by atoms with Gasteiger partial charge in [-0.2, -0.15) is 0 Å². The highest BCUT2D eigenvalue weighted by Crippen LogP contribution is 2.25. The summed E-state index contributed by atoms with van der Waals surface area (Å²) in [5.74, 6) is 0.226. The lowest BCUT2D eigenvalue weighted by Crippen LogP contribution is -2.22. The van der Waals surface area contributed by atoms with Gasteiger partial charge in [0.1, 0.15) is 0 Å². The zero-order valence-corrected chi connectivity index (χ0v) is 9.89. The number of hydrogen-bond donors (Lipinski definition) is 1. The number of aliphatic imine (C=N–C) groups is 1. The number of methoxy groups -OCH3 is 1. The molecule has 0 aromatic rings. The molecule has 4 nitrogen and oxygen atoms in total. The summed E-state index contributed by atoms with van der Waals surface area (Å²) in [6, 6.07) is 0.135. The molecule has 1 fully saturated rings. The topological polar surface area (TPSA) is 58.9 Å². The molecule has 0 aliphatic heterocycles. The Hall–Kier alpha value is -0.700. The molecule has 0 aromatic carbocycles. The Morgan fingerprint density at radius 1 is 1.25 bits per heavy atom. The monoisotopic (exact) mass is 227 g/mol. The van der Waals surface area contributed by atoms with Crippen LogP contribution < -0.4 is 0 Å². The predicted octanol–water partition coefficient (Wildman–Crippen LogP) is 2.02. The molecule has 1 N–H and O–H groups in total. The number of hydrogen-bond acceptors (Lipinski definition) is 4. The highest BCUT2D eigenvalue weighted by molar-refractivity contribution is 5.33. The van der Waals surface area contributed by atoms with Crippen molar-refractivity contribution in [1.82, 2.24) is 0 Å². The maximum absolute atomic E-state index is 10.2. The van der Waals surface area contributed by atoms with Crippen LogP contribution in [0.2, 0.25) is 0 Å². The second kappa shape index (κ2) is 7.55. The van der Waals surface area contributed by atoms with Crippen molar-refractivity contribution < 1.29 is 14.6 Å². The summed E-state index contributed by atoms with van der Waals surface area (Å²) in [4.78, 5) is 14.0. The minimum absolute atomic E-state index is 0.135. The Morgan fingerprint density at radius 3 is 2.56 bits per heavy atom. The van der Waals surface area contributed by atoms with Crippen LogP contribution in [0.15, 0.2) is 4.99 Å². The molecule has 16 heavy (non-hydrogen) atoms. The molecule has 0 saturated heterocycles. The molecule has 1 saturated carbocycles. The van der Waals surface area contributed by atoms with Gasteiger partial charge in [0.2, 0.25) is 6.08 Å². The van der Waals surface area contributed by atoms with E-state index in [-0.39, 0.29) is 12.0 Å². The predicted molar refractivity (Wildman–Crippen MR) is 60.7 cm³/mol. The molecule has 0 spiro atoms. The Bertz CT molecular complexity index is 238. The normalized spacial score (nSPS) is 29.4. The molecule has 3 unspecified atom stereocenters. The number of aliphatic hydroxyl groups excluding tert-OH is 1. The van der Waals surface area contributed by atoms with E-state index in [1.54, 1.807) is 6.08 Å². The summed E-state index contributed by atoms with van der Waals surface area (Å²) in [5, 5.41) is 9.65. The van der Waals surface area contributed by atoms with E-state index in [0.29, 0.717) is 0 Å². The zero-order valence-electron chi connectivity index (χ0n) is 9.89. The van der Waals surface area contributed by atoms with Crippen LogP contribution in [0.1, 0.15) is 44.9 Å². The van der Waals surface area contributed by atoms with Gasteiger partial charge in [0.05, 0.1) is 6.04 Å². The number of carbonyl (C=O) groups excluding carboxylic acids is 1. The van der Waals surface area contributed by atoms with E-state index in [4.69, 9.17) is 4.74 Å². The van der Waals surface area contributed by atoms with Gasteiger partial charge in [-0.15, -0.1) is 0 Å². The van der Waals surface area contributed by atoms with Crippen LogP contribution in [0, 0.1) is 5.92 Å². The van der Waals surface area contributed by atoms with Gasteiger partial charge >= 0.3 is 0 Å². The van der Waals surface area contributed by atoms with Crippen LogP contribution in [-0.4, -0.2) is 30.6 Å². The Morgan fingerprint density at radius 2 is 1.88 bits per heavy atom. The summed E-state index contributed by atoms with van der Waals surface area (Å²) in [5.41, 5.74) is 0. The van der Waals surface area contributed by atoms with Crippen LogP contribution in [-0.2, 0) is 9.53 Å². The second-order valence-electron chi connectivity index (χ2n) is 4.48. The molecule has 0 radical (unpaired) electrons. The number of isocyanates is 1. The smallest absolute Gasteiger partial charge is 0.235 e. The van der Waals surface area contributed by atoms with Gasteiger partial charge in [0.15, 0.2) is 6.29 Å². The maximum atomic E-state index is 10.2. The first-order valence-electron chi connectivity index (χ1n) is 6.05. The van der Waals surface area contributed by atoms with Crippen molar-refractivity contribution in [2.45, 2.75) is 57.3 Å². The molecule has 0 bridgehead atoms. The van der Waals surface area contributed by atoms with E-state index in [9.17, 15) is 9.90 Å². The minimum atomic E-state index is -0.647. The van der Waals surface area contributed by atoms with Gasteiger partial charge in [-0.25, -0.2) is 9.79 Å². The van der Waals surface area contributed by atoms with E-state index < -0.39 is 6.29 Å². The van der Waals surface area contributed by atoms with Crippen LogP contribution in [0.4, 0.5) is 0 Å². The van der Waals surface area contributed by atoms with Gasteiger partial charge in [-0.05, 0) is 25.7 Å². The molecule has 1 aliphatic carbocycles. The van der Waals surface area contributed by atoms with Crippen LogP contribution >= 0.6 is 0 Å². The lowest BCUT2D eigenvalue weighted by atomic mass is 9.96. The van der Waals surface area contributed by atoms with E-state index in [0.717, 1.165) is 44.9 Å². The summed E-state index contributed by atoms with van der Waals surface area (Å²) < 4.78 is 4.97. The average molecular weight is 227 g/mol. The lowest BCUT2D eigenvalue weighted by molar-refractivity contribution is -0.116. The average Bonchev–Trinajstić information content (AvgIpc) is 2.41. The highest BCUT2D eigenvalue weighted by Gasteiger charge is 2.20. The molecule has 3 atom stereocenters. The molecule has 1 rings (SSSR count). The van der Waals surface area contributed by atoms with E-state index in [2.05, 4.69) is 4.99 Å². The van der Waals surface area contributed by atoms with Gasteiger partial charge in [0.25, 0.3) is 0 Å². The number of rotatable bonds is 3. The highest BCUT2D eigenvalue weighted by atomic mass is 16.6. The number of aliphatic hydroxyl groups is 1. The number of ether oxygens (including phenoxy) is 1. The third kappa shape index (κ3) is 4.44. The van der Waals surface area contributed by atoms with Crippen LogP contribution in [0.5, 0.6) is 0 Å². The molecule has 0 heterocycles. The molecule has 0 amide bonds. The molecular weight excluding hydrogens is 206 g/mol. The summed E-state index contributed by atoms with van der Waals surface area (Å²) in [7, 11) is 1.54. The van der Waals surface area contributed by atoms with E-state index in [1.165, 1.54) is 7.11 Å². The third-order valence-corrected chi connectivity index (χ3v) is 3.35. The second-order valence-corrected chi connectivity index (χ2v) is 4.48. The fraction of sp³-hybridized carbons (Fsp3) is 0.917. The summed E-state index contributed by atoms with van der Waals surface area (Å²) >= 11 is 0. The number of nitrogens with zero attached hydrogens (tertiary/aromatic N) is 1. The maximum Gasteiger partial charge on any atom is 0.235 e. The van der Waals surface area contributed by atoms with Crippen LogP contribution in [0.3, 0.4) is 0 Å². The van der Waals surface area contributed by atoms with Gasteiger partial charge < -0.3 is 9.84 Å². The molecule has 92 valence electrons. The Kier molecular flexibility index (Phi) is 6.31. The fourth-order valence-corrected chi connectivity index (χ4v) is 2.37. The molecule has 1 aliphatic rings. The van der Waals surface area contributed by atoms with Crippen molar-refractivity contribution in [3.8, 4) is 0 Å². The third-order valence-electron chi connectivity index (χ3n) is 3.35. The quantitative estimate of drug-likeness (QED) is 0.456. The SMILES string of the molecule is COC(O)C1CCCCC(N=C=O)CCC1. The minimum Gasteiger partial charge on any atom is -0.368 e. The largest absolute Gasteiger partial charge is 0.368 e. The standard InChI is InChI=1S/C12H21NO3/c1-16-12(15)10-5-2-3-7-11(13-9-14)8-4-6-10/h10-12,15H,2-8H2,1H3. The Balaban J connectivity index is 2.45. The van der Waals surface area contributed by atoms with Crippen molar-refractivity contribution in [3.63, 3.8) is 0 Å². The first kappa shape index (κ1) is 13.4. The van der Waals surface area contributed by atoms with Gasteiger partial charge in [-0.1, -0.05) is 19.3 Å². The Labute approximate surface area is 96.7 Å². The van der Waals surface area contributed by atoms with Crippen molar-refractivity contribution in [2.24, 2.45) is 10.9 Å². The molecule has 4 heteroatoms. The van der Waals surface area contributed by atoms with Crippen molar-refractivity contribution in [2.75, 3.05) is 7.11 Å². The lowest BCUT2D eigenvalue weighted by Gasteiger charge is -2.20. The van der Waals surface area contributed by atoms with Crippen molar-refractivity contribution >= 4 is 6.08 Å². The summed E-state index contributed by atoms with van der Waals surface area (Å²) in [6.45, 7) is 0. The van der Waals surface area contributed by atoms with Crippen molar-refractivity contribution in [3.05, 3.63) is 0 Å². The zero-order chi connectivity index (χ0) is 11.8. The molecular formula is C12H21NO3. The van der Waals surface area contributed by atoms with Crippen LogP contribution in [0.25, 0.3) is 0 Å². The van der Waals surface area contributed by atoms with E-state index >= 15 is 0 Å². The van der Waals surface area contributed by atoms with Gasteiger partial charge in [0, 0.05) is 13.0 Å². The summed E-state index contributed by atoms with van der Waals surface area (Å²) in [6.07, 6.45) is 7.93. The first-order valence-corrected chi connectivity index (χ1v) is 6.05. The molecule has 0 aromatic heterocycles. The fourth-order valence-electron chi connectivity index (χ4n) is 2.37. The van der Waals surface area contributed by atoms with Gasteiger partial charge in [-0.3, -0.25) is 0 Å². The first-order chi connectivity index (χ1) is 7.77. The van der Waals surface area contributed by atoms with E-state index in [1.807, 2.05) is 0 Å². The van der Waals surface area contributed by atoms with Crippen molar-refractivity contribution in [1.29, 1.82) is 0 Å².